The standard InChI is InChI=1S/C18H15N5O4S2/c1-11-5-7-13(8-6-11)19-15(24)10-28-18-22-21-17(29-18)20-16(25)12-3-2-4-14(9-12)23(26)27/h2-9H,10H2,1H3,(H,19,24)(H,20,21,25). The summed E-state index contributed by atoms with van der Waals surface area (Å²) in [5, 5.41) is 24.2. The van der Waals surface area contributed by atoms with Gasteiger partial charge < -0.3 is 5.32 Å². The van der Waals surface area contributed by atoms with Crippen molar-refractivity contribution in [3.8, 4) is 0 Å². The molecule has 0 atom stereocenters. The average Bonchev–Trinajstić information content (AvgIpc) is 3.15. The maximum atomic E-state index is 12.2. The summed E-state index contributed by atoms with van der Waals surface area (Å²) in [5.74, 6) is -0.573. The number of aryl methyl sites for hydroxylation is 1. The molecule has 0 radical (unpaired) electrons. The van der Waals surface area contributed by atoms with Gasteiger partial charge in [-0.25, -0.2) is 0 Å². The third-order valence-electron chi connectivity index (χ3n) is 3.61. The molecule has 3 aromatic rings. The second kappa shape index (κ2) is 9.26. The number of nitro groups is 1. The molecule has 2 N–H and O–H groups in total. The van der Waals surface area contributed by atoms with E-state index in [9.17, 15) is 19.7 Å². The third kappa shape index (κ3) is 5.83. The molecular weight excluding hydrogens is 414 g/mol. The molecule has 0 spiro atoms. The summed E-state index contributed by atoms with van der Waals surface area (Å²) in [7, 11) is 0. The van der Waals surface area contributed by atoms with E-state index in [2.05, 4.69) is 20.8 Å². The third-order valence-corrected chi connectivity index (χ3v) is 5.58. The number of anilines is 2. The Balaban J connectivity index is 1.53. The second-order valence-electron chi connectivity index (χ2n) is 5.84. The van der Waals surface area contributed by atoms with E-state index in [1.165, 1.54) is 36.0 Å². The molecule has 0 unspecified atom stereocenters. The van der Waals surface area contributed by atoms with Crippen molar-refractivity contribution < 1.29 is 14.5 Å². The van der Waals surface area contributed by atoms with Crippen LogP contribution in [0.15, 0.2) is 52.9 Å². The van der Waals surface area contributed by atoms with E-state index < -0.39 is 10.8 Å². The molecule has 11 heteroatoms. The monoisotopic (exact) mass is 429 g/mol. The predicted molar refractivity (Wildman–Crippen MR) is 111 cm³/mol. The predicted octanol–water partition coefficient (Wildman–Crippen LogP) is 3.74. The quantitative estimate of drug-likeness (QED) is 0.253. The van der Waals surface area contributed by atoms with Gasteiger partial charge >= 0.3 is 0 Å². The Kier molecular flexibility index (Phi) is 6.52. The number of aromatic nitrogens is 2. The van der Waals surface area contributed by atoms with Crippen LogP contribution in [0.2, 0.25) is 0 Å². The molecule has 2 amide bonds. The molecule has 3 rings (SSSR count). The molecule has 0 aliphatic carbocycles. The summed E-state index contributed by atoms with van der Waals surface area (Å²) < 4.78 is 0.512. The Hall–Kier alpha value is -3.31. The van der Waals surface area contributed by atoms with Crippen LogP contribution in [0.3, 0.4) is 0 Å². The number of carbonyl (C=O) groups excluding carboxylic acids is 2. The number of benzene rings is 2. The van der Waals surface area contributed by atoms with E-state index in [0.29, 0.717) is 10.0 Å². The Morgan fingerprint density at radius 2 is 1.90 bits per heavy atom. The van der Waals surface area contributed by atoms with Gasteiger partial charge in [-0.05, 0) is 25.1 Å². The van der Waals surface area contributed by atoms with Crippen LogP contribution in [-0.4, -0.2) is 32.7 Å². The van der Waals surface area contributed by atoms with E-state index in [4.69, 9.17) is 0 Å². The normalized spacial score (nSPS) is 10.4. The fourth-order valence-corrected chi connectivity index (χ4v) is 3.76. The average molecular weight is 429 g/mol. The maximum Gasteiger partial charge on any atom is 0.270 e. The van der Waals surface area contributed by atoms with Crippen molar-refractivity contribution in [2.24, 2.45) is 0 Å². The first-order valence-corrected chi connectivity index (χ1v) is 10.1. The van der Waals surface area contributed by atoms with Crippen LogP contribution in [-0.2, 0) is 4.79 Å². The number of nitrogens with zero attached hydrogens (tertiary/aromatic N) is 3. The number of nitrogens with one attached hydrogen (secondary N) is 2. The van der Waals surface area contributed by atoms with Crippen LogP contribution >= 0.6 is 23.1 Å². The number of nitro benzene ring substituents is 1. The van der Waals surface area contributed by atoms with Crippen molar-refractivity contribution in [3.05, 3.63) is 69.8 Å². The minimum absolute atomic E-state index is 0.140. The lowest BCUT2D eigenvalue weighted by molar-refractivity contribution is -0.384. The van der Waals surface area contributed by atoms with E-state index in [1.54, 1.807) is 0 Å². The minimum Gasteiger partial charge on any atom is -0.325 e. The Morgan fingerprint density at radius 3 is 2.62 bits per heavy atom. The van der Waals surface area contributed by atoms with Gasteiger partial charge in [0.05, 0.1) is 10.7 Å². The fraction of sp³-hybridized carbons (Fsp3) is 0.111. The van der Waals surface area contributed by atoms with Gasteiger partial charge in [0.25, 0.3) is 11.6 Å². The zero-order valence-corrected chi connectivity index (χ0v) is 16.8. The number of amides is 2. The zero-order valence-electron chi connectivity index (χ0n) is 15.1. The first kappa shape index (κ1) is 20.4. The number of rotatable bonds is 7. The van der Waals surface area contributed by atoms with E-state index in [-0.39, 0.29) is 28.0 Å². The van der Waals surface area contributed by atoms with Crippen molar-refractivity contribution in [1.29, 1.82) is 0 Å². The van der Waals surface area contributed by atoms with Crippen molar-refractivity contribution in [1.82, 2.24) is 10.2 Å². The molecule has 2 aromatic carbocycles. The van der Waals surface area contributed by atoms with Gasteiger partial charge in [0.15, 0.2) is 4.34 Å². The molecule has 1 aromatic heterocycles. The lowest BCUT2D eigenvalue weighted by Crippen LogP contribution is -2.13. The van der Waals surface area contributed by atoms with Gasteiger partial charge in [-0.15, -0.1) is 10.2 Å². The molecular formula is C18H15N5O4S2. The van der Waals surface area contributed by atoms with Gasteiger partial charge in [0.2, 0.25) is 11.0 Å². The maximum absolute atomic E-state index is 12.2. The lowest BCUT2D eigenvalue weighted by Gasteiger charge is -2.04. The molecule has 29 heavy (non-hydrogen) atoms. The summed E-state index contributed by atoms with van der Waals surface area (Å²) in [6, 6.07) is 12.8. The molecule has 0 saturated carbocycles. The summed E-state index contributed by atoms with van der Waals surface area (Å²) in [4.78, 5) is 34.5. The largest absolute Gasteiger partial charge is 0.325 e. The van der Waals surface area contributed by atoms with E-state index in [1.807, 2.05) is 31.2 Å². The highest BCUT2D eigenvalue weighted by Gasteiger charge is 2.14. The van der Waals surface area contributed by atoms with Gasteiger partial charge in [-0.2, -0.15) is 0 Å². The molecule has 0 bridgehead atoms. The highest BCUT2D eigenvalue weighted by molar-refractivity contribution is 8.01. The molecule has 1 heterocycles. The number of non-ortho nitro benzene ring substituents is 1. The van der Waals surface area contributed by atoms with Crippen molar-refractivity contribution in [2.45, 2.75) is 11.3 Å². The summed E-state index contributed by atoms with van der Waals surface area (Å²) >= 11 is 2.30. The SMILES string of the molecule is Cc1ccc(NC(=O)CSc2nnc(NC(=O)c3cccc([N+](=O)[O-])c3)s2)cc1. The van der Waals surface area contributed by atoms with Crippen LogP contribution in [0.5, 0.6) is 0 Å². The highest BCUT2D eigenvalue weighted by atomic mass is 32.2. The first-order chi connectivity index (χ1) is 13.9. The Labute approximate surface area is 173 Å². The number of hydrogen-bond donors (Lipinski definition) is 2. The first-order valence-electron chi connectivity index (χ1n) is 8.29. The highest BCUT2D eigenvalue weighted by Crippen LogP contribution is 2.26. The van der Waals surface area contributed by atoms with Crippen LogP contribution < -0.4 is 10.6 Å². The molecule has 9 nitrogen and oxygen atoms in total. The smallest absolute Gasteiger partial charge is 0.270 e. The van der Waals surface area contributed by atoms with E-state index in [0.717, 1.165) is 16.9 Å². The number of thioether (sulfide) groups is 1. The summed E-state index contributed by atoms with van der Waals surface area (Å²) in [5.41, 5.74) is 1.78. The second-order valence-corrected chi connectivity index (χ2v) is 8.04. The lowest BCUT2D eigenvalue weighted by atomic mass is 10.2. The van der Waals surface area contributed by atoms with Crippen LogP contribution in [0, 0.1) is 17.0 Å². The molecule has 0 saturated heterocycles. The molecule has 0 fully saturated rings. The topological polar surface area (TPSA) is 127 Å². The van der Waals surface area contributed by atoms with Crippen LogP contribution in [0.1, 0.15) is 15.9 Å². The molecule has 148 valence electrons. The van der Waals surface area contributed by atoms with Crippen molar-refractivity contribution >= 4 is 51.4 Å². The fourth-order valence-electron chi connectivity index (χ4n) is 2.21. The van der Waals surface area contributed by atoms with E-state index >= 15 is 0 Å². The summed E-state index contributed by atoms with van der Waals surface area (Å²) in [6.07, 6.45) is 0. The van der Waals surface area contributed by atoms with Crippen LogP contribution in [0.25, 0.3) is 0 Å². The van der Waals surface area contributed by atoms with Crippen LogP contribution in [0.4, 0.5) is 16.5 Å². The van der Waals surface area contributed by atoms with Crippen molar-refractivity contribution in [2.75, 3.05) is 16.4 Å². The van der Waals surface area contributed by atoms with Gasteiger partial charge in [-0.3, -0.25) is 25.0 Å². The zero-order chi connectivity index (χ0) is 20.8. The minimum atomic E-state index is -0.571. The summed E-state index contributed by atoms with van der Waals surface area (Å²) in [6.45, 7) is 1.96. The van der Waals surface area contributed by atoms with Gasteiger partial charge in [0.1, 0.15) is 0 Å². The number of carbonyl (C=O) groups is 2. The van der Waals surface area contributed by atoms with Crippen molar-refractivity contribution in [3.63, 3.8) is 0 Å². The molecule has 0 aliphatic heterocycles. The Bertz CT molecular complexity index is 1050. The Morgan fingerprint density at radius 1 is 1.14 bits per heavy atom. The van der Waals surface area contributed by atoms with Gasteiger partial charge in [0, 0.05) is 23.4 Å². The van der Waals surface area contributed by atoms with Gasteiger partial charge in [-0.1, -0.05) is 46.9 Å². The number of hydrogen-bond acceptors (Lipinski definition) is 8. The molecule has 0 aliphatic rings.